The van der Waals surface area contributed by atoms with Crippen LogP contribution in [0, 0.1) is 0 Å². The molecule has 0 aromatic heterocycles. The first-order valence-corrected chi connectivity index (χ1v) is 18.3. The van der Waals surface area contributed by atoms with Gasteiger partial charge in [0.15, 0.2) is 0 Å². The number of carbonyl (C=O) groups is 6. The number of alkyl halides is 3. The fourth-order valence-corrected chi connectivity index (χ4v) is 6.25. The molecule has 2 aliphatic rings. The van der Waals surface area contributed by atoms with E-state index in [-0.39, 0.29) is 44.1 Å². The zero-order chi connectivity index (χ0) is 41.0. The smallest absolute Gasteiger partial charge is 0.416 e. The second-order valence-corrected chi connectivity index (χ2v) is 13.7. The maximum absolute atomic E-state index is 14.2. The molecule has 0 fully saturated rings. The van der Waals surface area contributed by atoms with E-state index < -0.39 is 71.4 Å². The van der Waals surface area contributed by atoms with Gasteiger partial charge in [-0.15, -0.1) is 0 Å². The van der Waals surface area contributed by atoms with Crippen LogP contribution in [0.5, 0.6) is 0 Å². The van der Waals surface area contributed by atoms with E-state index in [2.05, 4.69) is 26.6 Å². The number of hydrogen-bond donors (Lipinski definition) is 6. The quantitative estimate of drug-likeness (QED) is 0.145. The minimum absolute atomic E-state index is 0.0738. The van der Waals surface area contributed by atoms with Crippen molar-refractivity contribution in [2.45, 2.75) is 75.3 Å². The molecule has 6 rings (SSSR count). The lowest BCUT2D eigenvalue weighted by Crippen LogP contribution is -2.59. The summed E-state index contributed by atoms with van der Waals surface area (Å²) < 4.78 is 40.1. The van der Waals surface area contributed by atoms with Crippen LogP contribution >= 0.6 is 0 Å². The molecule has 4 aromatic carbocycles. The molecule has 0 radical (unpaired) electrons. The van der Waals surface area contributed by atoms with Crippen molar-refractivity contribution in [3.8, 4) is 0 Å². The molecule has 0 saturated carbocycles. The molecule has 15 heteroatoms. The highest BCUT2D eigenvalue weighted by Gasteiger charge is 2.33. The Bertz CT molecular complexity index is 2030. The molecule has 6 N–H and O–H groups in total. The van der Waals surface area contributed by atoms with E-state index >= 15 is 0 Å². The molecule has 12 nitrogen and oxygen atoms in total. The van der Waals surface area contributed by atoms with Crippen LogP contribution in [0.3, 0.4) is 0 Å². The second kappa shape index (κ2) is 19.4. The highest BCUT2D eigenvalue weighted by Crippen LogP contribution is 2.29. The van der Waals surface area contributed by atoms with Gasteiger partial charge in [0.25, 0.3) is 0 Å². The van der Waals surface area contributed by atoms with Gasteiger partial charge in [-0.1, -0.05) is 84.9 Å². The zero-order valence-corrected chi connectivity index (χ0v) is 30.7. The number of rotatable bonds is 8. The first kappa shape index (κ1) is 41.6. The van der Waals surface area contributed by atoms with Crippen LogP contribution in [0.1, 0.15) is 47.1 Å². The molecule has 4 aromatic rings. The molecule has 2 heterocycles. The molecule has 298 valence electrons. The van der Waals surface area contributed by atoms with Crippen LogP contribution in [0.2, 0.25) is 0 Å². The second-order valence-electron chi connectivity index (χ2n) is 13.7. The van der Waals surface area contributed by atoms with E-state index in [0.717, 1.165) is 17.7 Å². The Labute approximate surface area is 326 Å². The highest BCUT2D eigenvalue weighted by molar-refractivity contribution is 5.96. The molecule has 0 aliphatic carbocycles. The number of nitrogens with one attached hydrogen (secondary N) is 5. The maximum atomic E-state index is 14.2. The van der Waals surface area contributed by atoms with Crippen molar-refractivity contribution in [2.75, 3.05) is 5.32 Å². The number of aliphatic carboxylic acids is 1. The molecule has 0 saturated heterocycles. The predicted octanol–water partition coefficient (Wildman–Crippen LogP) is 4.12. The molecule has 4 atom stereocenters. The maximum Gasteiger partial charge on any atom is 0.416 e. The minimum atomic E-state index is -4.62. The summed E-state index contributed by atoms with van der Waals surface area (Å²) >= 11 is 0. The van der Waals surface area contributed by atoms with Crippen molar-refractivity contribution in [1.29, 1.82) is 0 Å². The van der Waals surface area contributed by atoms with E-state index in [0.29, 0.717) is 23.2 Å². The van der Waals surface area contributed by atoms with E-state index in [4.69, 9.17) is 0 Å². The number of fused-ring (bicyclic) bond motifs is 18. The molecule has 57 heavy (non-hydrogen) atoms. The number of benzene rings is 4. The Morgan fingerprint density at radius 1 is 0.596 bits per heavy atom. The summed E-state index contributed by atoms with van der Waals surface area (Å²) in [4.78, 5) is 80.4. The fraction of sp³-hybridized carbons (Fsp3) is 0.286. The van der Waals surface area contributed by atoms with Crippen molar-refractivity contribution in [1.82, 2.24) is 21.3 Å². The van der Waals surface area contributed by atoms with Crippen LogP contribution in [0.25, 0.3) is 0 Å². The Morgan fingerprint density at radius 3 is 1.67 bits per heavy atom. The lowest BCUT2D eigenvalue weighted by Gasteiger charge is -2.26. The largest absolute Gasteiger partial charge is 0.480 e. The van der Waals surface area contributed by atoms with Gasteiger partial charge in [-0.25, -0.2) is 4.79 Å². The van der Waals surface area contributed by atoms with Gasteiger partial charge in [-0.3, -0.25) is 24.0 Å². The third kappa shape index (κ3) is 12.8. The summed E-state index contributed by atoms with van der Waals surface area (Å²) in [7, 11) is 0. The minimum Gasteiger partial charge on any atom is -0.480 e. The molecule has 2 bridgehead atoms. The van der Waals surface area contributed by atoms with Gasteiger partial charge in [0.05, 0.1) is 5.56 Å². The number of hydrogen-bond acceptors (Lipinski definition) is 6. The van der Waals surface area contributed by atoms with Crippen molar-refractivity contribution in [3.63, 3.8) is 0 Å². The highest BCUT2D eigenvalue weighted by atomic mass is 19.4. The Hall–Kier alpha value is -6.51. The molecular formula is C42H42F3N5O7. The fourth-order valence-electron chi connectivity index (χ4n) is 6.25. The Morgan fingerprint density at radius 2 is 1.11 bits per heavy atom. The molecule has 2 aliphatic heterocycles. The summed E-state index contributed by atoms with van der Waals surface area (Å²) in [5.74, 6) is -5.00. The summed E-state index contributed by atoms with van der Waals surface area (Å²) in [6, 6.07) is 22.5. The van der Waals surface area contributed by atoms with Crippen molar-refractivity contribution >= 4 is 41.2 Å². The number of halogens is 3. The first-order chi connectivity index (χ1) is 27.2. The number of anilines is 1. The third-order valence-electron chi connectivity index (χ3n) is 9.36. The van der Waals surface area contributed by atoms with Crippen LogP contribution in [-0.2, 0) is 60.6 Å². The Balaban J connectivity index is 1.50. The Kier molecular flexibility index (Phi) is 14.2. The summed E-state index contributed by atoms with van der Waals surface area (Å²) in [6.45, 7) is 0. The van der Waals surface area contributed by atoms with Crippen LogP contribution in [-0.4, -0.2) is 64.8 Å². The van der Waals surface area contributed by atoms with Crippen LogP contribution in [0.15, 0.2) is 109 Å². The summed E-state index contributed by atoms with van der Waals surface area (Å²) in [6.07, 6.45) is -5.31. The normalized spacial score (nSPS) is 20.2. The number of carboxylic acid groups (broad SMARTS) is 1. The lowest BCUT2D eigenvalue weighted by atomic mass is 9.99. The van der Waals surface area contributed by atoms with Crippen molar-refractivity contribution < 1.29 is 47.0 Å². The van der Waals surface area contributed by atoms with Gasteiger partial charge >= 0.3 is 12.1 Å². The topological polar surface area (TPSA) is 183 Å². The SMILES string of the molecule is O=C1CCC(=O)N[C@H](CCc2ccccc2)C(=O)N[C@@H](Cc2ccc(C(F)(F)F)cc2)C(=O)N[C@H](Cc2ccccc2)C(=O)N[C@H](C(=O)O)Cc2ccc(cc2)N1. The number of amides is 5. The first-order valence-electron chi connectivity index (χ1n) is 18.3. The van der Waals surface area contributed by atoms with Gasteiger partial charge < -0.3 is 31.7 Å². The monoisotopic (exact) mass is 785 g/mol. The van der Waals surface area contributed by atoms with Crippen LogP contribution < -0.4 is 26.6 Å². The van der Waals surface area contributed by atoms with Gasteiger partial charge in [-0.2, -0.15) is 13.2 Å². The molecular weight excluding hydrogens is 743 g/mol. The molecule has 0 unspecified atom stereocenters. The van der Waals surface area contributed by atoms with Crippen molar-refractivity contribution in [2.24, 2.45) is 0 Å². The van der Waals surface area contributed by atoms with E-state index in [1.807, 2.05) is 18.2 Å². The molecule has 0 spiro atoms. The average Bonchev–Trinajstić information content (AvgIpc) is 3.18. The predicted molar refractivity (Wildman–Crippen MR) is 203 cm³/mol. The molecule has 5 amide bonds. The number of aryl methyl sites for hydroxylation is 1. The van der Waals surface area contributed by atoms with E-state index in [9.17, 15) is 47.0 Å². The van der Waals surface area contributed by atoms with Crippen molar-refractivity contribution in [3.05, 3.63) is 137 Å². The number of carboxylic acids is 1. The lowest BCUT2D eigenvalue weighted by molar-refractivity contribution is -0.142. The van der Waals surface area contributed by atoms with Gasteiger partial charge in [0.1, 0.15) is 24.2 Å². The third-order valence-corrected chi connectivity index (χ3v) is 9.36. The number of carbonyl (C=O) groups excluding carboxylic acids is 5. The average molecular weight is 786 g/mol. The summed E-state index contributed by atoms with van der Waals surface area (Å²) in [5.41, 5.74) is 1.67. The van der Waals surface area contributed by atoms with E-state index in [1.54, 1.807) is 66.7 Å². The standard InChI is InChI=1S/C42H42F3N5O7/c43-42(44,45)30-16-11-28(12-17-30)24-34-39(54)49-33(23-27-9-5-2-6-10-27)40(55)50-35(41(56)57)25-29-13-18-31(19-14-29)46-36(51)21-22-37(52)47-32(38(53)48-34)20-15-26-7-3-1-4-8-26/h1-14,16-19,32-35H,15,20-25H2,(H,46,51)(H,47,52)(H,48,53)(H,49,54)(H,50,55)(H,56,57)/t32-,33-,34+,35+/m1/s1. The van der Waals surface area contributed by atoms with Crippen LogP contribution in [0.4, 0.5) is 18.9 Å². The van der Waals surface area contributed by atoms with E-state index in [1.165, 1.54) is 12.1 Å². The van der Waals surface area contributed by atoms with Gasteiger partial charge in [0, 0.05) is 37.8 Å². The summed E-state index contributed by atoms with van der Waals surface area (Å²) in [5, 5.41) is 23.2. The van der Waals surface area contributed by atoms with Gasteiger partial charge in [0.2, 0.25) is 29.5 Å². The zero-order valence-electron chi connectivity index (χ0n) is 30.7. The van der Waals surface area contributed by atoms with Gasteiger partial charge in [-0.05, 0) is 59.4 Å².